The summed E-state index contributed by atoms with van der Waals surface area (Å²) in [5.74, 6) is 1.87. The highest BCUT2D eigenvalue weighted by Crippen LogP contribution is 2.45. The molecule has 2 aromatic carbocycles. The van der Waals surface area contributed by atoms with Crippen molar-refractivity contribution in [3.8, 4) is 22.9 Å². The number of allylic oxidation sites excluding steroid dienone is 2. The third kappa shape index (κ3) is 3.39. The lowest BCUT2D eigenvalue weighted by Gasteiger charge is -2.32. The van der Waals surface area contributed by atoms with Crippen molar-refractivity contribution < 1.29 is 19.2 Å². The van der Waals surface area contributed by atoms with Gasteiger partial charge in [0.05, 0.1) is 19.1 Å². The molecule has 3 aromatic rings. The van der Waals surface area contributed by atoms with Crippen LogP contribution in [0, 0.1) is 10.1 Å². The quantitative estimate of drug-likeness (QED) is 0.462. The Morgan fingerprint density at radius 2 is 1.97 bits per heavy atom. The topological polar surface area (TPSA) is 121 Å². The highest BCUT2D eigenvalue weighted by molar-refractivity contribution is 5.99. The summed E-state index contributed by atoms with van der Waals surface area (Å²) in [6.07, 6.45) is 1.91. The molecular weight excluding hydrogens is 426 g/mol. The van der Waals surface area contributed by atoms with Crippen molar-refractivity contribution in [3.63, 3.8) is 0 Å². The van der Waals surface area contributed by atoms with Crippen LogP contribution < -0.4 is 14.8 Å². The molecule has 10 nitrogen and oxygen atoms in total. The molecule has 168 valence electrons. The third-order valence-corrected chi connectivity index (χ3v) is 5.91. The van der Waals surface area contributed by atoms with Crippen LogP contribution in [-0.4, -0.2) is 39.7 Å². The molecule has 0 fully saturated rings. The maximum Gasteiger partial charge on any atom is 0.270 e. The molecule has 0 bridgehead atoms. The number of ether oxygens (including phenoxy) is 2. The highest BCUT2D eigenvalue weighted by Gasteiger charge is 2.38. The summed E-state index contributed by atoms with van der Waals surface area (Å²) < 4.78 is 12.8. The Hall–Kier alpha value is -4.21. The number of nitrogens with zero attached hydrogens (tertiary/aromatic N) is 4. The molecule has 2 aliphatic rings. The number of hydrogen-bond acceptors (Lipinski definition) is 8. The molecule has 2 heterocycles. The summed E-state index contributed by atoms with van der Waals surface area (Å²) in [4.78, 5) is 28.5. The van der Waals surface area contributed by atoms with Gasteiger partial charge in [-0.15, -0.1) is 5.10 Å². The number of para-hydroxylation sites is 1. The van der Waals surface area contributed by atoms with Gasteiger partial charge in [-0.25, -0.2) is 4.68 Å². The van der Waals surface area contributed by atoms with Gasteiger partial charge in [-0.2, -0.15) is 4.98 Å². The molecule has 0 spiro atoms. The number of nitro groups is 1. The lowest BCUT2D eigenvalue weighted by atomic mass is 9.85. The van der Waals surface area contributed by atoms with Crippen LogP contribution >= 0.6 is 0 Å². The third-order valence-electron chi connectivity index (χ3n) is 5.91. The Labute approximate surface area is 189 Å². The van der Waals surface area contributed by atoms with E-state index in [1.54, 1.807) is 37.1 Å². The molecule has 1 atom stereocenters. The zero-order valence-corrected chi connectivity index (χ0v) is 18.1. The minimum absolute atomic E-state index is 0.0386. The molecule has 1 aliphatic carbocycles. The average Bonchev–Trinajstić information content (AvgIpc) is 3.26. The Morgan fingerprint density at radius 3 is 2.73 bits per heavy atom. The van der Waals surface area contributed by atoms with Crippen molar-refractivity contribution in [2.24, 2.45) is 0 Å². The fourth-order valence-corrected chi connectivity index (χ4v) is 4.45. The summed E-state index contributed by atoms with van der Waals surface area (Å²) in [6.45, 7) is 0. The number of nitro benzene ring substituents is 1. The molecule has 5 rings (SSSR count). The second-order valence-electron chi connectivity index (χ2n) is 7.79. The number of aromatic nitrogens is 3. The SMILES string of the molecule is COc1cccc(C2C3=C(CCCC3=O)Nc3nc(-c4cccc([N+](=O)[O-])c4)nn32)c1OC. The smallest absolute Gasteiger partial charge is 0.270 e. The number of rotatable bonds is 5. The van der Waals surface area contributed by atoms with Crippen LogP contribution in [0.5, 0.6) is 11.5 Å². The first-order valence-corrected chi connectivity index (χ1v) is 10.5. The second-order valence-corrected chi connectivity index (χ2v) is 7.79. The molecule has 1 aromatic heterocycles. The fraction of sp³-hybridized carbons (Fsp3) is 0.261. The Morgan fingerprint density at radius 1 is 1.15 bits per heavy atom. The minimum atomic E-state index is -0.575. The van der Waals surface area contributed by atoms with Crippen molar-refractivity contribution in [1.29, 1.82) is 0 Å². The first-order valence-electron chi connectivity index (χ1n) is 10.5. The summed E-state index contributed by atoms with van der Waals surface area (Å²) in [5, 5.41) is 19.2. The molecule has 0 saturated carbocycles. The number of carbonyl (C=O) groups excluding carboxylic acids is 1. The van der Waals surface area contributed by atoms with Gasteiger partial charge in [0.1, 0.15) is 6.04 Å². The maximum atomic E-state index is 13.1. The van der Waals surface area contributed by atoms with E-state index in [-0.39, 0.29) is 11.5 Å². The van der Waals surface area contributed by atoms with Gasteiger partial charge in [0.15, 0.2) is 23.1 Å². The van der Waals surface area contributed by atoms with Crippen molar-refractivity contribution in [3.05, 3.63) is 69.4 Å². The number of benzene rings is 2. The molecule has 10 heteroatoms. The lowest BCUT2D eigenvalue weighted by molar-refractivity contribution is -0.384. The van der Waals surface area contributed by atoms with Gasteiger partial charge in [-0.3, -0.25) is 14.9 Å². The zero-order valence-electron chi connectivity index (χ0n) is 18.1. The van der Waals surface area contributed by atoms with Gasteiger partial charge in [0.25, 0.3) is 5.69 Å². The van der Waals surface area contributed by atoms with E-state index >= 15 is 0 Å². The average molecular weight is 447 g/mol. The Balaban J connectivity index is 1.71. The van der Waals surface area contributed by atoms with Crippen LogP contribution in [0.15, 0.2) is 53.7 Å². The number of nitrogens with one attached hydrogen (secondary N) is 1. The Bertz CT molecular complexity index is 1310. The fourth-order valence-electron chi connectivity index (χ4n) is 4.45. The molecule has 0 radical (unpaired) electrons. The summed E-state index contributed by atoms with van der Waals surface area (Å²) in [7, 11) is 3.11. The standard InChI is InChI=1S/C23H21N5O5/c1-32-18-11-4-8-15(21(18)33-2)20-19-16(9-5-10-17(19)29)24-23-25-22(26-27(20)23)13-6-3-7-14(12-13)28(30)31/h3-4,6-8,11-12,20H,5,9-10H2,1-2H3,(H,24,25,26). The monoisotopic (exact) mass is 447 g/mol. The van der Waals surface area contributed by atoms with Crippen LogP contribution in [0.4, 0.5) is 11.6 Å². The molecule has 33 heavy (non-hydrogen) atoms. The first kappa shape index (κ1) is 20.7. The Kier molecular flexibility index (Phi) is 5.04. The van der Waals surface area contributed by atoms with Crippen LogP contribution in [0.3, 0.4) is 0 Å². The van der Waals surface area contributed by atoms with Gasteiger partial charge < -0.3 is 14.8 Å². The van der Waals surface area contributed by atoms with Crippen molar-refractivity contribution >= 4 is 17.4 Å². The van der Waals surface area contributed by atoms with Crippen molar-refractivity contribution in [2.45, 2.75) is 25.3 Å². The van der Waals surface area contributed by atoms with Crippen molar-refractivity contribution in [2.75, 3.05) is 19.5 Å². The van der Waals surface area contributed by atoms with Gasteiger partial charge in [0.2, 0.25) is 5.95 Å². The first-order chi connectivity index (χ1) is 16.0. The zero-order chi connectivity index (χ0) is 23.1. The predicted octanol–water partition coefficient (Wildman–Crippen LogP) is 3.89. The second kappa shape index (κ2) is 8.05. The summed E-state index contributed by atoms with van der Waals surface area (Å²) in [6, 6.07) is 11.1. The molecule has 1 aliphatic heterocycles. The van der Waals surface area contributed by atoms with E-state index < -0.39 is 11.0 Å². The van der Waals surface area contributed by atoms with Gasteiger partial charge in [-0.05, 0) is 18.9 Å². The normalized spacial score (nSPS) is 17.2. The van der Waals surface area contributed by atoms with E-state index in [9.17, 15) is 14.9 Å². The molecule has 0 saturated heterocycles. The van der Waals surface area contributed by atoms with E-state index in [0.29, 0.717) is 47.2 Å². The van der Waals surface area contributed by atoms with Gasteiger partial charge in [-0.1, -0.05) is 24.3 Å². The van der Waals surface area contributed by atoms with E-state index in [0.717, 1.165) is 17.7 Å². The molecular formula is C23H21N5O5. The summed E-state index contributed by atoms with van der Waals surface area (Å²) in [5.41, 5.74) is 2.61. The van der Waals surface area contributed by atoms with Crippen LogP contribution in [0.2, 0.25) is 0 Å². The van der Waals surface area contributed by atoms with E-state index in [1.807, 2.05) is 12.1 Å². The van der Waals surface area contributed by atoms with Gasteiger partial charge in [0, 0.05) is 41.0 Å². The van der Waals surface area contributed by atoms with E-state index in [2.05, 4.69) is 15.4 Å². The molecule has 0 amide bonds. The molecule has 1 N–H and O–H groups in total. The van der Waals surface area contributed by atoms with Crippen LogP contribution in [0.25, 0.3) is 11.4 Å². The number of ketones is 1. The van der Waals surface area contributed by atoms with E-state index in [1.165, 1.54) is 12.1 Å². The van der Waals surface area contributed by atoms with Crippen molar-refractivity contribution in [1.82, 2.24) is 14.8 Å². The number of carbonyl (C=O) groups is 1. The van der Waals surface area contributed by atoms with Crippen LogP contribution in [-0.2, 0) is 4.79 Å². The number of anilines is 1. The number of Topliss-reactive ketones (excluding diaryl/α,β-unsaturated/α-hetero) is 1. The summed E-state index contributed by atoms with van der Waals surface area (Å²) >= 11 is 0. The maximum absolute atomic E-state index is 13.1. The number of non-ortho nitro benzene ring substituents is 1. The lowest BCUT2D eigenvalue weighted by Crippen LogP contribution is -2.31. The number of methoxy groups -OCH3 is 2. The van der Waals surface area contributed by atoms with Gasteiger partial charge >= 0.3 is 0 Å². The highest BCUT2D eigenvalue weighted by atomic mass is 16.6. The number of fused-ring (bicyclic) bond motifs is 1. The minimum Gasteiger partial charge on any atom is -0.493 e. The van der Waals surface area contributed by atoms with Crippen LogP contribution in [0.1, 0.15) is 30.9 Å². The predicted molar refractivity (Wildman–Crippen MR) is 119 cm³/mol. The molecule has 1 unspecified atom stereocenters. The van der Waals surface area contributed by atoms with E-state index in [4.69, 9.17) is 9.47 Å². The number of hydrogen-bond donors (Lipinski definition) is 1. The largest absolute Gasteiger partial charge is 0.493 e.